The average molecular weight is 483 g/mol. The number of esters is 1. The van der Waals surface area contributed by atoms with Gasteiger partial charge in [0.2, 0.25) is 5.91 Å². The molecule has 0 bridgehead atoms. The van der Waals surface area contributed by atoms with E-state index in [0.29, 0.717) is 34.1 Å². The number of hydrogen-bond donors (Lipinski definition) is 3. The fourth-order valence-corrected chi connectivity index (χ4v) is 4.07. The van der Waals surface area contributed by atoms with E-state index in [-0.39, 0.29) is 24.7 Å². The van der Waals surface area contributed by atoms with E-state index in [0.717, 1.165) is 11.1 Å². The van der Waals surface area contributed by atoms with E-state index in [4.69, 9.17) is 33.7 Å². The van der Waals surface area contributed by atoms with Crippen LogP contribution in [0.4, 0.5) is 5.69 Å². The van der Waals surface area contributed by atoms with E-state index in [1.807, 2.05) is 24.3 Å². The maximum absolute atomic E-state index is 12.7. The molecule has 0 radical (unpaired) electrons. The predicted molar refractivity (Wildman–Crippen MR) is 124 cm³/mol. The molecule has 1 aliphatic rings. The fraction of sp³-hybridized carbons (Fsp3) is 0.273. The Balaban J connectivity index is 0.00000341. The number of rotatable bonds is 5. The van der Waals surface area contributed by atoms with Crippen molar-refractivity contribution in [3.05, 3.63) is 63.1 Å². The van der Waals surface area contributed by atoms with Gasteiger partial charge in [0.05, 0.1) is 19.6 Å². The highest BCUT2D eigenvalue weighted by Gasteiger charge is 2.34. The zero-order chi connectivity index (χ0) is 21.7. The molecular formula is C22H22Cl3N3O3. The van der Waals surface area contributed by atoms with Crippen LogP contribution in [-0.4, -0.2) is 25.0 Å². The first-order valence-corrected chi connectivity index (χ1v) is 10.1. The van der Waals surface area contributed by atoms with Crippen LogP contribution in [0.1, 0.15) is 29.2 Å². The first-order chi connectivity index (χ1) is 14.4. The fourth-order valence-electron chi connectivity index (χ4n) is 3.45. The summed E-state index contributed by atoms with van der Waals surface area (Å²) in [5.74, 6) is 2.19. The van der Waals surface area contributed by atoms with Gasteiger partial charge in [-0.25, -0.2) is 4.79 Å². The summed E-state index contributed by atoms with van der Waals surface area (Å²) in [7, 11) is 1.32. The molecule has 0 saturated heterocycles. The largest absolute Gasteiger partial charge is 0.467 e. The Labute approximate surface area is 197 Å². The van der Waals surface area contributed by atoms with Gasteiger partial charge in [0.25, 0.3) is 0 Å². The molecule has 0 spiro atoms. The summed E-state index contributed by atoms with van der Waals surface area (Å²) in [6.45, 7) is 0. The lowest BCUT2D eigenvalue weighted by atomic mass is 9.92. The second kappa shape index (κ2) is 11.1. The van der Waals surface area contributed by atoms with Crippen LogP contribution in [0.15, 0.2) is 36.4 Å². The number of halogens is 3. The molecule has 0 saturated carbocycles. The molecule has 0 fully saturated rings. The van der Waals surface area contributed by atoms with Crippen molar-refractivity contribution in [1.82, 2.24) is 5.32 Å². The molecule has 2 aromatic rings. The van der Waals surface area contributed by atoms with Gasteiger partial charge < -0.3 is 21.1 Å². The summed E-state index contributed by atoms with van der Waals surface area (Å²) in [5.41, 5.74) is 8.37. The van der Waals surface area contributed by atoms with Crippen LogP contribution >= 0.6 is 35.6 Å². The number of carbonyl (C=O) groups is 2. The van der Waals surface area contributed by atoms with Crippen molar-refractivity contribution in [2.75, 3.05) is 12.4 Å². The van der Waals surface area contributed by atoms with Gasteiger partial charge in [-0.1, -0.05) is 53.4 Å². The molecule has 1 amide bonds. The van der Waals surface area contributed by atoms with Crippen LogP contribution in [0.2, 0.25) is 10.0 Å². The minimum Gasteiger partial charge on any atom is -0.467 e. The summed E-state index contributed by atoms with van der Waals surface area (Å²) in [5, 5.41) is 6.93. The van der Waals surface area contributed by atoms with E-state index in [1.165, 1.54) is 7.11 Å². The molecule has 31 heavy (non-hydrogen) atoms. The highest BCUT2D eigenvalue weighted by molar-refractivity contribution is 6.35. The monoisotopic (exact) mass is 481 g/mol. The maximum atomic E-state index is 12.7. The molecule has 2 aromatic carbocycles. The molecule has 1 heterocycles. The predicted octanol–water partition coefficient (Wildman–Crippen LogP) is 3.63. The van der Waals surface area contributed by atoms with Gasteiger partial charge in [0.15, 0.2) is 0 Å². The summed E-state index contributed by atoms with van der Waals surface area (Å²) in [6.07, 6.45) is 1.06. The summed E-state index contributed by atoms with van der Waals surface area (Å²) in [4.78, 5) is 24.8. The smallest absolute Gasteiger partial charge is 0.328 e. The molecule has 6 nitrogen and oxygen atoms in total. The van der Waals surface area contributed by atoms with E-state index in [1.54, 1.807) is 12.1 Å². The quantitative estimate of drug-likeness (QED) is 0.344. The lowest BCUT2D eigenvalue weighted by Crippen LogP contribution is -2.42. The van der Waals surface area contributed by atoms with Crippen molar-refractivity contribution in [3.8, 4) is 12.0 Å². The Morgan fingerprint density at radius 2 is 1.90 bits per heavy atom. The first kappa shape index (κ1) is 24.7. The SMILES string of the molecule is COC(=O)[C@H]1C[C@H](NC(=O)Cc2ccc(CC#CN)cc2)c2c(Cl)cc(Cl)cc2N1.Cl. The Morgan fingerprint density at radius 3 is 2.55 bits per heavy atom. The number of nitrogens with two attached hydrogens (primary N) is 1. The van der Waals surface area contributed by atoms with Crippen molar-refractivity contribution in [3.63, 3.8) is 0 Å². The number of nitrogens with one attached hydrogen (secondary N) is 2. The minimum absolute atomic E-state index is 0. The maximum Gasteiger partial charge on any atom is 0.328 e. The van der Waals surface area contributed by atoms with Gasteiger partial charge >= 0.3 is 5.97 Å². The van der Waals surface area contributed by atoms with Gasteiger partial charge in [0, 0.05) is 40.2 Å². The van der Waals surface area contributed by atoms with E-state index in [9.17, 15) is 9.59 Å². The molecule has 164 valence electrons. The van der Waals surface area contributed by atoms with Crippen molar-refractivity contribution in [2.24, 2.45) is 5.73 Å². The third-order valence-electron chi connectivity index (χ3n) is 4.85. The van der Waals surface area contributed by atoms with Crippen LogP contribution in [0.5, 0.6) is 0 Å². The third kappa shape index (κ3) is 6.20. The number of methoxy groups -OCH3 is 1. The van der Waals surface area contributed by atoms with Crippen molar-refractivity contribution in [1.29, 1.82) is 0 Å². The van der Waals surface area contributed by atoms with Crippen LogP contribution < -0.4 is 16.4 Å². The molecule has 4 N–H and O–H groups in total. The highest BCUT2D eigenvalue weighted by Crippen LogP contribution is 2.40. The van der Waals surface area contributed by atoms with Crippen LogP contribution in [0, 0.1) is 12.0 Å². The number of hydrogen-bond acceptors (Lipinski definition) is 5. The Bertz CT molecular complexity index is 1020. The number of fused-ring (bicyclic) bond motifs is 1. The van der Waals surface area contributed by atoms with Gasteiger partial charge in [0.1, 0.15) is 6.04 Å². The molecule has 2 atom stereocenters. The zero-order valence-electron chi connectivity index (χ0n) is 16.7. The lowest BCUT2D eigenvalue weighted by molar-refractivity contribution is -0.142. The second-order valence-corrected chi connectivity index (χ2v) is 7.76. The Hall–Kier alpha value is -2.59. The zero-order valence-corrected chi connectivity index (χ0v) is 19.0. The number of anilines is 1. The standard InChI is InChI=1S/C22H21Cl2N3O3.ClH/c1-30-22(29)19-12-18(21-16(24)10-15(23)11-17(21)26-19)27-20(28)9-14-6-4-13(5-7-14)3-2-8-25;/h4-7,10-11,18-19,26H,3,9,12,25H2,1H3,(H,27,28);1H/t18-,19+;/m0./s1. The average Bonchev–Trinajstić information content (AvgIpc) is 2.71. The molecule has 0 unspecified atom stereocenters. The summed E-state index contributed by atoms with van der Waals surface area (Å²) >= 11 is 12.5. The van der Waals surface area contributed by atoms with E-state index < -0.39 is 18.1 Å². The summed E-state index contributed by atoms with van der Waals surface area (Å²) < 4.78 is 4.86. The number of amides is 1. The lowest BCUT2D eigenvalue weighted by Gasteiger charge is -2.33. The highest BCUT2D eigenvalue weighted by atomic mass is 35.5. The second-order valence-electron chi connectivity index (χ2n) is 6.92. The van der Waals surface area contributed by atoms with E-state index in [2.05, 4.69) is 22.6 Å². The van der Waals surface area contributed by atoms with Crippen molar-refractivity contribution < 1.29 is 14.3 Å². The first-order valence-electron chi connectivity index (χ1n) is 9.30. The summed E-state index contributed by atoms with van der Waals surface area (Å²) in [6, 6.07) is 12.2. The molecule has 3 rings (SSSR count). The van der Waals surface area contributed by atoms with Crippen LogP contribution in [0.3, 0.4) is 0 Å². The number of ether oxygens (including phenoxy) is 1. The van der Waals surface area contributed by atoms with E-state index >= 15 is 0 Å². The van der Waals surface area contributed by atoms with Gasteiger partial charge in [-0.15, -0.1) is 12.4 Å². The Kier molecular flexibility index (Phi) is 8.88. The van der Waals surface area contributed by atoms with Gasteiger partial charge in [-0.05, 0) is 23.3 Å². The topological polar surface area (TPSA) is 93.5 Å². The molecular weight excluding hydrogens is 461 g/mol. The molecule has 0 aliphatic carbocycles. The number of benzene rings is 2. The Morgan fingerprint density at radius 1 is 1.23 bits per heavy atom. The normalized spacial score (nSPS) is 16.5. The van der Waals surface area contributed by atoms with Crippen LogP contribution in [-0.2, 0) is 27.2 Å². The third-order valence-corrected chi connectivity index (χ3v) is 5.38. The van der Waals surface area contributed by atoms with Crippen molar-refractivity contribution in [2.45, 2.75) is 31.3 Å². The molecule has 9 heteroatoms. The molecule has 0 aromatic heterocycles. The van der Waals surface area contributed by atoms with Gasteiger partial charge in [-0.3, -0.25) is 4.79 Å². The molecule has 1 aliphatic heterocycles. The van der Waals surface area contributed by atoms with Gasteiger partial charge in [-0.2, -0.15) is 0 Å². The number of carbonyl (C=O) groups excluding carboxylic acids is 2. The van der Waals surface area contributed by atoms with Crippen molar-refractivity contribution >= 4 is 53.2 Å². The minimum atomic E-state index is -0.620. The van der Waals surface area contributed by atoms with Crippen LogP contribution in [0.25, 0.3) is 0 Å².